The highest BCUT2D eigenvalue weighted by Gasteiger charge is 2.25. The maximum absolute atomic E-state index is 13.0. The Morgan fingerprint density at radius 2 is 1.67 bits per heavy atom. The third kappa shape index (κ3) is 4.07. The molecular formula is C26H22N2O4S. The van der Waals surface area contributed by atoms with Crippen LogP contribution in [0.2, 0.25) is 0 Å². The van der Waals surface area contributed by atoms with Crippen LogP contribution in [0.4, 0.5) is 5.69 Å². The molecule has 0 unspecified atom stereocenters. The Kier molecular flexibility index (Phi) is 5.34. The molecule has 0 bridgehead atoms. The molecule has 0 N–H and O–H groups in total. The maximum atomic E-state index is 13.0. The van der Waals surface area contributed by atoms with Crippen LogP contribution in [-0.2, 0) is 22.0 Å². The van der Waals surface area contributed by atoms with Crippen molar-refractivity contribution in [1.29, 1.82) is 0 Å². The Morgan fingerprint density at radius 1 is 0.970 bits per heavy atom. The molecule has 0 saturated carbocycles. The third-order valence-corrected chi connectivity index (χ3v) is 7.48. The first-order valence-electron chi connectivity index (χ1n) is 10.7. The van der Waals surface area contributed by atoms with Crippen LogP contribution in [0.1, 0.15) is 27.4 Å². The standard InChI is InChI=1S/C26H22N2O4S/c1-18-23(17-33(30,31)22-8-3-2-4-9-22)27-25(32-18)20-11-13-21(14-12-20)26(29)28-16-15-19-7-5-6-10-24(19)28/h2-14H,15-17H2,1H3. The van der Waals surface area contributed by atoms with Crippen molar-refractivity contribution in [2.24, 2.45) is 0 Å². The summed E-state index contributed by atoms with van der Waals surface area (Å²) in [5.74, 6) is 0.497. The summed E-state index contributed by atoms with van der Waals surface area (Å²) in [4.78, 5) is 19.5. The summed E-state index contributed by atoms with van der Waals surface area (Å²) in [7, 11) is -3.53. The number of nitrogens with zero attached hydrogens (tertiary/aromatic N) is 2. The van der Waals surface area contributed by atoms with Gasteiger partial charge in [0.25, 0.3) is 5.91 Å². The van der Waals surface area contributed by atoms with Crippen LogP contribution < -0.4 is 4.90 Å². The SMILES string of the molecule is Cc1oc(-c2ccc(C(=O)N3CCc4ccccc43)cc2)nc1CS(=O)(=O)c1ccccc1. The smallest absolute Gasteiger partial charge is 0.258 e. The Labute approximate surface area is 192 Å². The summed E-state index contributed by atoms with van der Waals surface area (Å²) < 4.78 is 31.2. The lowest BCUT2D eigenvalue weighted by molar-refractivity contribution is 0.0989. The van der Waals surface area contributed by atoms with E-state index in [2.05, 4.69) is 4.98 Å². The van der Waals surface area contributed by atoms with Crippen LogP contribution in [0.25, 0.3) is 11.5 Å². The second-order valence-corrected chi connectivity index (χ2v) is 10.00. The lowest BCUT2D eigenvalue weighted by Crippen LogP contribution is -2.28. The summed E-state index contributed by atoms with van der Waals surface area (Å²) in [5.41, 5.74) is 3.77. The van der Waals surface area contributed by atoms with Crippen molar-refractivity contribution in [2.75, 3.05) is 11.4 Å². The first-order chi connectivity index (χ1) is 15.9. The summed E-state index contributed by atoms with van der Waals surface area (Å²) in [6.07, 6.45) is 0.851. The average molecular weight is 459 g/mol. The van der Waals surface area contributed by atoms with Crippen LogP contribution in [0, 0.1) is 6.92 Å². The van der Waals surface area contributed by atoms with Crippen molar-refractivity contribution in [3.05, 3.63) is 101 Å². The van der Waals surface area contributed by atoms with Crippen molar-refractivity contribution >= 4 is 21.4 Å². The van der Waals surface area contributed by atoms with Gasteiger partial charge in [0, 0.05) is 23.4 Å². The Bertz CT molecular complexity index is 1420. The highest BCUT2D eigenvalue weighted by atomic mass is 32.2. The number of para-hydroxylation sites is 1. The van der Waals surface area contributed by atoms with E-state index in [-0.39, 0.29) is 16.6 Å². The third-order valence-electron chi connectivity index (χ3n) is 5.83. The zero-order valence-corrected chi connectivity index (χ0v) is 18.9. The number of hydrogen-bond acceptors (Lipinski definition) is 5. The maximum Gasteiger partial charge on any atom is 0.258 e. The van der Waals surface area contributed by atoms with Crippen molar-refractivity contribution in [3.8, 4) is 11.5 Å². The molecule has 1 aliphatic heterocycles. The first-order valence-corrected chi connectivity index (χ1v) is 12.3. The molecule has 1 aliphatic rings. The number of hydrogen-bond donors (Lipinski definition) is 0. The molecule has 7 heteroatoms. The quantitative estimate of drug-likeness (QED) is 0.428. The van der Waals surface area contributed by atoms with E-state index in [1.54, 1.807) is 66.4 Å². The van der Waals surface area contributed by atoms with Gasteiger partial charge in [-0.25, -0.2) is 13.4 Å². The number of benzene rings is 3. The Morgan fingerprint density at radius 3 is 2.42 bits per heavy atom. The number of aromatic nitrogens is 1. The minimum absolute atomic E-state index is 0.0512. The highest BCUT2D eigenvalue weighted by molar-refractivity contribution is 7.90. The second-order valence-electron chi connectivity index (χ2n) is 8.01. The van der Waals surface area contributed by atoms with Crippen molar-refractivity contribution in [3.63, 3.8) is 0 Å². The van der Waals surface area contributed by atoms with E-state index in [0.717, 1.165) is 12.1 Å². The van der Waals surface area contributed by atoms with Crippen LogP contribution in [0.3, 0.4) is 0 Å². The lowest BCUT2D eigenvalue weighted by atomic mass is 10.1. The van der Waals surface area contributed by atoms with Gasteiger partial charge in [0.05, 0.1) is 10.6 Å². The molecule has 3 aromatic carbocycles. The summed E-state index contributed by atoms with van der Waals surface area (Å²) in [6.45, 7) is 2.37. The predicted molar refractivity (Wildman–Crippen MR) is 126 cm³/mol. The molecule has 166 valence electrons. The summed E-state index contributed by atoms with van der Waals surface area (Å²) in [5, 5.41) is 0. The number of amides is 1. The Hall–Kier alpha value is -3.71. The lowest BCUT2D eigenvalue weighted by Gasteiger charge is -2.17. The molecule has 4 aromatic rings. The number of sulfone groups is 1. The van der Waals surface area contributed by atoms with Crippen LogP contribution in [0.15, 0.2) is 88.2 Å². The van der Waals surface area contributed by atoms with Gasteiger partial charge in [0.15, 0.2) is 9.84 Å². The second kappa shape index (κ2) is 8.33. The molecule has 6 nitrogen and oxygen atoms in total. The highest BCUT2D eigenvalue weighted by Crippen LogP contribution is 2.30. The van der Waals surface area contributed by atoms with Gasteiger partial charge in [-0.3, -0.25) is 4.79 Å². The van der Waals surface area contributed by atoms with Crippen LogP contribution in [-0.4, -0.2) is 25.9 Å². The molecule has 0 aliphatic carbocycles. The van der Waals surface area contributed by atoms with Gasteiger partial charge in [-0.1, -0.05) is 36.4 Å². The topological polar surface area (TPSA) is 80.5 Å². The van der Waals surface area contributed by atoms with Gasteiger partial charge in [-0.05, 0) is 61.4 Å². The summed E-state index contributed by atoms with van der Waals surface area (Å²) >= 11 is 0. The van der Waals surface area contributed by atoms with Crippen molar-refractivity contribution in [1.82, 2.24) is 4.98 Å². The molecular weight excluding hydrogens is 436 g/mol. The van der Waals surface area contributed by atoms with E-state index in [1.165, 1.54) is 5.56 Å². The number of aryl methyl sites for hydroxylation is 1. The van der Waals surface area contributed by atoms with Crippen LogP contribution >= 0.6 is 0 Å². The van der Waals surface area contributed by atoms with E-state index in [4.69, 9.17) is 4.42 Å². The van der Waals surface area contributed by atoms with Gasteiger partial charge >= 0.3 is 0 Å². The minimum atomic E-state index is -3.53. The number of oxazole rings is 1. The van der Waals surface area contributed by atoms with E-state index in [9.17, 15) is 13.2 Å². The number of anilines is 1. The summed E-state index contributed by atoms with van der Waals surface area (Å²) in [6, 6.07) is 23.3. The molecule has 1 aromatic heterocycles. The predicted octanol–water partition coefficient (Wildman–Crippen LogP) is 4.83. The zero-order valence-electron chi connectivity index (χ0n) is 18.1. The fraction of sp³-hybridized carbons (Fsp3) is 0.154. The van der Waals surface area contributed by atoms with Gasteiger partial charge in [0.1, 0.15) is 11.5 Å². The molecule has 5 rings (SSSR count). The van der Waals surface area contributed by atoms with Gasteiger partial charge in [0.2, 0.25) is 5.89 Å². The first kappa shape index (κ1) is 21.2. The molecule has 1 amide bonds. The van der Waals surface area contributed by atoms with Gasteiger partial charge in [-0.2, -0.15) is 0 Å². The Balaban J connectivity index is 1.36. The largest absolute Gasteiger partial charge is 0.441 e. The fourth-order valence-electron chi connectivity index (χ4n) is 4.04. The molecule has 0 fully saturated rings. The minimum Gasteiger partial charge on any atom is -0.441 e. The van der Waals surface area contributed by atoms with E-state index >= 15 is 0 Å². The van der Waals surface area contributed by atoms with E-state index in [0.29, 0.717) is 35.0 Å². The van der Waals surface area contributed by atoms with Gasteiger partial charge < -0.3 is 9.32 Å². The molecule has 0 atom stereocenters. The van der Waals surface area contributed by atoms with Gasteiger partial charge in [-0.15, -0.1) is 0 Å². The van der Waals surface area contributed by atoms with Crippen molar-refractivity contribution in [2.45, 2.75) is 24.0 Å². The molecule has 2 heterocycles. The fourth-order valence-corrected chi connectivity index (χ4v) is 5.40. The van der Waals surface area contributed by atoms with E-state index < -0.39 is 9.84 Å². The van der Waals surface area contributed by atoms with Crippen molar-refractivity contribution < 1.29 is 17.6 Å². The van der Waals surface area contributed by atoms with Crippen LogP contribution in [0.5, 0.6) is 0 Å². The molecule has 0 saturated heterocycles. The monoisotopic (exact) mass is 458 g/mol. The average Bonchev–Trinajstić information content (AvgIpc) is 3.43. The normalized spacial score (nSPS) is 13.2. The number of carbonyl (C=O) groups is 1. The van der Waals surface area contributed by atoms with E-state index in [1.807, 2.05) is 24.3 Å². The number of rotatable bonds is 5. The number of carbonyl (C=O) groups excluding carboxylic acids is 1. The number of fused-ring (bicyclic) bond motifs is 1. The zero-order chi connectivity index (χ0) is 23.0. The molecule has 0 radical (unpaired) electrons. The molecule has 0 spiro atoms. The molecule has 33 heavy (non-hydrogen) atoms.